The average Bonchev–Trinajstić information content (AvgIpc) is 2.96. The zero-order valence-corrected chi connectivity index (χ0v) is 16.6. The third kappa shape index (κ3) is 3.24. The van der Waals surface area contributed by atoms with E-state index in [0.29, 0.717) is 9.23 Å². The zero-order chi connectivity index (χ0) is 19.0. The minimum atomic E-state index is -0.0964. The highest BCUT2D eigenvalue weighted by Gasteiger charge is 2.34. The Morgan fingerprint density at radius 3 is 2.67 bits per heavy atom. The number of benzene rings is 3. The number of carbonyl (C=O) groups is 1. The summed E-state index contributed by atoms with van der Waals surface area (Å²) in [4.78, 5) is 15.3. The van der Waals surface area contributed by atoms with E-state index in [9.17, 15) is 4.79 Å². The molecule has 3 aromatic carbocycles. The highest BCUT2D eigenvalue weighted by molar-refractivity contribution is 8.27. The Balaban J connectivity index is 1.74. The molecular weight excluding hydrogens is 374 g/mol. The van der Waals surface area contributed by atoms with E-state index in [-0.39, 0.29) is 5.91 Å². The maximum absolute atomic E-state index is 13.1. The molecule has 1 saturated heterocycles. The van der Waals surface area contributed by atoms with Gasteiger partial charge in [0.2, 0.25) is 0 Å². The van der Waals surface area contributed by atoms with Gasteiger partial charge in [-0.1, -0.05) is 72.5 Å². The first kappa shape index (κ1) is 17.8. The first-order valence-corrected chi connectivity index (χ1v) is 9.71. The van der Waals surface area contributed by atoms with Crippen LogP contribution in [0, 0.1) is 6.92 Å². The molecule has 0 aromatic heterocycles. The Hall–Kier alpha value is -2.63. The number of hydrogen-bond acceptors (Lipinski definition) is 4. The number of methoxy groups -OCH3 is 1. The zero-order valence-electron chi connectivity index (χ0n) is 14.9. The summed E-state index contributed by atoms with van der Waals surface area (Å²) >= 11 is 6.85. The second-order valence-electron chi connectivity index (χ2n) is 6.24. The van der Waals surface area contributed by atoms with E-state index in [2.05, 4.69) is 0 Å². The first-order chi connectivity index (χ1) is 13.1. The molecule has 0 N–H and O–H groups in total. The van der Waals surface area contributed by atoms with Gasteiger partial charge in [0.15, 0.2) is 4.32 Å². The lowest BCUT2D eigenvalue weighted by Crippen LogP contribution is -2.27. The monoisotopic (exact) mass is 391 g/mol. The predicted octanol–water partition coefficient (Wildman–Crippen LogP) is 5.56. The van der Waals surface area contributed by atoms with Gasteiger partial charge in [-0.05, 0) is 41.6 Å². The Labute approximate surface area is 167 Å². The number of ether oxygens (including phenoxy) is 1. The molecule has 27 heavy (non-hydrogen) atoms. The predicted molar refractivity (Wildman–Crippen MR) is 117 cm³/mol. The van der Waals surface area contributed by atoms with Crippen LogP contribution in [0.3, 0.4) is 0 Å². The number of anilines is 1. The van der Waals surface area contributed by atoms with Gasteiger partial charge in [0.05, 0.1) is 17.7 Å². The van der Waals surface area contributed by atoms with Crippen molar-refractivity contribution in [2.24, 2.45) is 0 Å². The number of thiocarbonyl (C=S) groups is 1. The molecular formula is C22H17NO2S2. The number of carbonyl (C=O) groups excluding carboxylic acids is 1. The van der Waals surface area contributed by atoms with Gasteiger partial charge in [-0.25, -0.2) is 0 Å². The molecule has 0 atom stereocenters. The SMILES string of the molecule is COc1cc(/C=C2\SC(=S)N(c3cccc4ccccc34)C2=O)ccc1C. The smallest absolute Gasteiger partial charge is 0.270 e. The quantitative estimate of drug-likeness (QED) is 0.432. The molecule has 0 bridgehead atoms. The standard InChI is InChI=1S/C22H17NO2S2/c1-14-10-11-15(12-19(14)25-2)13-20-21(24)23(22(26)27-20)18-9-5-7-16-6-3-4-8-17(16)18/h3-13H,1-2H3/b20-13-. The van der Waals surface area contributed by atoms with Crippen molar-refractivity contribution in [3.05, 3.63) is 76.7 Å². The molecule has 1 amide bonds. The van der Waals surface area contributed by atoms with Crippen LogP contribution in [0.25, 0.3) is 16.8 Å². The summed E-state index contributed by atoms with van der Waals surface area (Å²) in [5.41, 5.74) is 2.79. The van der Waals surface area contributed by atoms with Gasteiger partial charge in [0, 0.05) is 5.39 Å². The topological polar surface area (TPSA) is 29.5 Å². The van der Waals surface area contributed by atoms with E-state index in [1.807, 2.05) is 73.7 Å². The van der Waals surface area contributed by atoms with Gasteiger partial charge < -0.3 is 4.74 Å². The molecule has 0 saturated carbocycles. The molecule has 1 heterocycles. The van der Waals surface area contributed by atoms with E-state index in [1.54, 1.807) is 12.0 Å². The molecule has 0 radical (unpaired) electrons. The van der Waals surface area contributed by atoms with E-state index in [1.165, 1.54) is 11.8 Å². The number of nitrogens with zero attached hydrogens (tertiary/aromatic N) is 1. The minimum absolute atomic E-state index is 0.0964. The van der Waals surface area contributed by atoms with Crippen LogP contribution in [0.5, 0.6) is 5.75 Å². The number of thioether (sulfide) groups is 1. The Kier molecular flexibility index (Phi) is 4.72. The van der Waals surface area contributed by atoms with Crippen molar-refractivity contribution < 1.29 is 9.53 Å². The summed E-state index contributed by atoms with van der Waals surface area (Å²) in [7, 11) is 1.64. The van der Waals surface area contributed by atoms with Crippen LogP contribution in [0.2, 0.25) is 0 Å². The third-order valence-corrected chi connectivity index (χ3v) is 5.83. The average molecular weight is 392 g/mol. The molecule has 0 spiro atoms. The fourth-order valence-corrected chi connectivity index (χ4v) is 4.44. The Bertz CT molecular complexity index is 1100. The minimum Gasteiger partial charge on any atom is -0.496 e. The van der Waals surface area contributed by atoms with Crippen LogP contribution in [-0.4, -0.2) is 17.3 Å². The first-order valence-electron chi connectivity index (χ1n) is 8.49. The summed E-state index contributed by atoms with van der Waals surface area (Å²) in [6, 6.07) is 19.8. The van der Waals surface area contributed by atoms with Crippen LogP contribution in [0.15, 0.2) is 65.6 Å². The van der Waals surface area contributed by atoms with Crippen molar-refractivity contribution >= 4 is 56.7 Å². The molecule has 4 rings (SSSR count). The lowest BCUT2D eigenvalue weighted by Gasteiger charge is -2.17. The lowest BCUT2D eigenvalue weighted by atomic mass is 10.1. The van der Waals surface area contributed by atoms with Crippen molar-refractivity contribution in [1.82, 2.24) is 0 Å². The molecule has 3 nitrogen and oxygen atoms in total. The highest BCUT2D eigenvalue weighted by Crippen LogP contribution is 2.39. The second-order valence-corrected chi connectivity index (χ2v) is 7.92. The maximum Gasteiger partial charge on any atom is 0.270 e. The Morgan fingerprint density at radius 1 is 1.07 bits per heavy atom. The molecule has 1 fully saturated rings. The van der Waals surface area contributed by atoms with Crippen molar-refractivity contribution in [3.8, 4) is 5.75 Å². The summed E-state index contributed by atoms with van der Waals surface area (Å²) in [6.07, 6.45) is 1.87. The van der Waals surface area contributed by atoms with Gasteiger partial charge in [0.1, 0.15) is 5.75 Å². The van der Waals surface area contributed by atoms with Gasteiger partial charge in [0.25, 0.3) is 5.91 Å². The lowest BCUT2D eigenvalue weighted by molar-refractivity contribution is -0.113. The van der Waals surface area contributed by atoms with Crippen molar-refractivity contribution in [2.45, 2.75) is 6.92 Å². The number of hydrogen-bond donors (Lipinski definition) is 0. The molecule has 5 heteroatoms. The van der Waals surface area contributed by atoms with Crippen LogP contribution in [0.4, 0.5) is 5.69 Å². The Morgan fingerprint density at radius 2 is 1.85 bits per heavy atom. The number of rotatable bonds is 3. The van der Waals surface area contributed by atoms with E-state index >= 15 is 0 Å². The fourth-order valence-electron chi connectivity index (χ4n) is 3.16. The van der Waals surface area contributed by atoms with Crippen molar-refractivity contribution in [1.29, 1.82) is 0 Å². The van der Waals surface area contributed by atoms with Crippen LogP contribution in [0.1, 0.15) is 11.1 Å². The number of fused-ring (bicyclic) bond motifs is 1. The number of amides is 1. The summed E-state index contributed by atoms with van der Waals surface area (Å²) in [5, 5.41) is 2.09. The molecule has 1 aliphatic heterocycles. The molecule has 134 valence electrons. The van der Waals surface area contributed by atoms with Gasteiger partial charge in [-0.2, -0.15) is 0 Å². The van der Waals surface area contributed by atoms with Gasteiger partial charge >= 0.3 is 0 Å². The highest BCUT2D eigenvalue weighted by atomic mass is 32.2. The normalized spacial score (nSPS) is 15.8. The molecule has 0 aliphatic carbocycles. The number of aryl methyl sites for hydroxylation is 1. The molecule has 0 unspecified atom stereocenters. The van der Waals surface area contributed by atoms with Crippen LogP contribution in [-0.2, 0) is 4.79 Å². The van der Waals surface area contributed by atoms with Crippen LogP contribution >= 0.6 is 24.0 Å². The van der Waals surface area contributed by atoms with Crippen molar-refractivity contribution in [2.75, 3.05) is 12.0 Å². The fraction of sp³-hybridized carbons (Fsp3) is 0.0909. The van der Waals surface area contributed by atoms with E-state index in [0.717, 1.165) is 33.3 Å². The summed E-state index contributed by atoms with van der Waals surface area (Å²) < 4.78 is 5.92. The second kappa shape index (κ2) is 7.18. The summed E-state index contributed by atoms with van der Waals surface area (Å²) in [5.74, 6) is 0.703. The van der Waals surface area contributed by atoms with E-state index in [4.69, 9.17) is 17.0 Å². The third-order valence-electron chi connectivity index (χ3n) is 4.53. The summed E-state index contributed by atoms with van der Waals surface area (Å²) in [6.45, 7) is 1.99. The molecule has 3 aromatic rings. The maximum atomic E-state index is 13.1. The van der Waals surface area contributed by atoms with Gasteiger partial charge in [-0.3, -0.25) is 9.69 Å². The molecule has 1 aliphatic rings. The van der Waals surface area contributed by atoms with Gasteiger partial charge in [-0.15, -0.1) is 0 Å². The van der Waals surface area contributed by atoms with Crippen molar-refractivity contribution in [3.63, 3.8) is 0 Å². The largest absolute Gasteiger partial charge is 0.496 e. The van der Waals surface area contributed by atoms with Crippen LogP contribution < -0.4 is 9.64 Å². The van der Waals surface area contributed by atoms with E-state index < -0.39 is 0 Å².